The zero-order valence-corrected chi connectivity index (χ0v) is 12.9. The maximum atomic E-state index is 11.6. The molecule has 0 bridgehead atoms. The third kappa shape index (κ3) is 3.61. The van der Waals surface area contributed by atoms with Crippen molar-refractivity contribution in [1.29, 1.82) is 0 Å². The van der Waals surface area contributed by atoms with Gasteiger partial charge in [0, 0.05) is 6.61 Å². The van der Waals surface area contributed by atoms with Crippen molar-refractivity contribution in [3.63, 3.8) is 0 Å². The third-order valence-electron chi connectivity index (χ3n) is 4.50. The first-order valence-electron chi connectivity index (χ1n) is 8.31. The second-order valence-electron chi connectivity index (χ2n) is 6.21. The standard InChI is InChI=1S/C16H24N2O4/c19-16(20)15-14(22-12-6-2-1-3-7-12)10-17-18(15)11-13-8-4-5-9-21-13/h10,12-13H,1-9,11H2,(H,19,20). The van der Waals surface area contributed by atoms with Crippen molar-refractivity contribution in [1.82, 2.24) is 9.78 Å². The Morgan fingerprint density at radius 1 is 1.27 bits per heavy atom. The topological polar surface area (TPSA) is 73.6 Å². The van der Waals surface area contributed by atoms with Gasteiger partial charge in [0.25, 0.3) is 0 Å². The SMILES string of the molecule is O=C(O)c1c(OC2CCCCC2)cnn1CC1CCCCO1. The van der Waals surface area contributed by atoms with Gasteiger partial charge in [-0.25, -0.2) is 4.79 Å². The fourth-order valence-electron chi connectivity index (χ4n) is 3.32. The van der Waals surface area contributed by atoms with E-state index >= 15 is 0 Å². The number of nitrogens with zero attached hydrogens (tertiary/aromatic N) is 2. The molecule has 6 nitrogen and oxygen atoms in total. The van der Waals surface area contributed by atoms with Crippen molar-refractivity contribution in [2.45, 2.75) is 70.1 Å². The van der Waals surface area contributed by atoms with Gasteiger partial charge in [-0.05, 0) is 44.9 Å². The van der Waals surface area contributed by atoms with E-state index in [0.29, 0.717) is 12.3 Å². The number of carboxylic acids is 1. The molecule has 122 valence electrons. The number of hydrogen-bond acceptors (Lipinski definition) is 4. The predicted octanol–water partition coefficient (Wildman–Crippen LogP) is 2.86. The highest BCUT2D eigenvalue weighted by molar-refractivity contribution is 5.88. The Kier molecular flexibility index (Phi) is 4.97. The van der Waals surface area contributed by atoms with Gasteiger partial charge >= 0.3 is 5.97 Å². The highest BCUT2D eigenvalue weighted by Crippen LogP contribution is 2.27. The molecule has 3 rings (SSSR count). The lowest BCUT2D eigenvalue weighted by Crippen LogP contribution is -2.27. The molecule has 1 aromatic heterocycles. The Hall–Kier alpha value is -1.56. The molecule has 2 aliphatic rings. The molecular weight excluding hydrogens is 284 g/mol. The smallest absolute Gasteiger partial charge is 0.358 e. The van der Waals surface area contributed by atoms with Crippen LogP contribution in [0.25, 0.3) is 0 Å². The highest BCUT2D eigenvalue weighted by Gasteiger charge is 2.25. The minimum absolute atomic E-state index is 0.0503. The molecule has 0 amide bonds. The Bertz CT molecular complexity index is 465. The molecular formula is C16H24N2O4. The second-order valence-corrected chi connectivity index (χ2v) is 6.21. The number of ether oxygens (including phenoxy) is 2. The van der Waals surface area contributed by atoms with Crippen molar-refractivity contribution in [3.8, 4) is 5.75 Å². The predicted molar refractivity (Wildman–Crippen MR) is 80.3 cm³/mol. The van der Waals surface area contributed by atoms with Crippen LogP contribution in [-0.2, 0) is 11.3 Å². The summed E-state index contributed by atoms with van der Waals surface area (Å²) in [7, 11) is 0. The average Bonchev–Trinajstić information content (AvgIpc) is 2.92. The molecule has 22 heavy (non-hydrogen) atoms. The molecule has 2 fully saturated rings. The van der Waals surface area contributed by atoms with Crippen molar-refractivity contribution < 1.29 is 19.4 Å². The lowest BCUT2D eigenvalue weighted by atomic mass is 9.98. The van der Waals surface area contributed by atoms with Crippen molar-refractivity contribution in [2.75, 3.05) is 6.61 Å². The summed E-state index contributed by atoms with van der Waals surface area (Å²) in [6.07, 6.45) is 10.4. The molecule has 1 saturated heterocycles. The molecule has 1 N–H and O–H groups in total. The summed E-state index contributed by atoms with van der Waals surface area (Å²) >= 11 is 0. The summed E-state index contributed by atoms with van der Waals surface area (Å²) in [5.74, 6) is -0.589. The van der Waals surface area contributed by atoms with Gasteiger partial charge < -0.3 is 14.6 Å². The Balaban J connectivity index is 1.71. The van der Waals surface area contributed by atoms with Gasteiger partial charge in [-0.1, -0.05) is 6.42 Å². The molecule has 1 aliphatic carbocycles. The largest absolute Gasteiger partial charge is 0.486 e. The van der Waals surface area contributed by atoms with Crippen LogP contribution in [0.5, 0.6) is 5.75 Å². The van der Waals surface area contributed by atoms with Gasteiger partial charge in [0.1, 0.15) is 0 Å². The maximum Gasteiger partial charge on any atom is 0.358 e. The summed E-state index contributed by atoms with van der Waals surface area (Å²) in [5, 5.41) is 13.7. The van der Waals surface area contributed by atoms with Gasteiger partial charge in [-0.3, -0.25) is 4.68 Å². The molecule has 0 spiro atoms. The van der Waals surface area contributed by atoms with Crippen LogP contribution in [-0.4, -0.2) is 39.7 Å². The van der Waals surface area contributed by atoms with Crippen LogP contribution in [0.4, 0.5) is 0 Å². The van der Waals surface area contributed by atoms with E-state index in [1.165, 1.54) is 11.1 Å². The van der Waals surface area contributed by atoms with Crippen LogP contribution < -0.4 is 4.74 Å². The first-order valence-corrected chi connectivity index (χ1v) is 8.31. The number of carbonyl (C=O) groups is 1. The van der Waals surface area contributed by atoms with E-state index in [4.69, 9.17) is 9.47 Å². The first-order chi connectivity index (χ1) is 10.7. The molecule has 1 saturated carbocycles. The van der Waals surface area contributed by atoms with E-state index in [-0.39, 0.29) is 17.9 Å². The zero-order valence-electron chi connectivity index (χ0n) is 12.9. The molecule has 1 aromatic rings. The summed E-state index contributed by atoms with van der Waals surface area (Å²) in [4.78, 5) is 11.6. The van der Waals surface area contributed by atoms with E-state index in [1.807, 2.05) is 0 Å². The van der Waals surface area contributed by atoms with Gasteiger partial charge in [0.05, 0.1) is 24.9 Å². The van der Waals surface area contributed by atoms with Crippen LogP contribution in [0.15, 0.2) is 6.20 Å². The Morgan fingerprint density at radius 3 is 2.73 bits per heavy atom. The van der Waals surface area contributed by atoms with E-state index in [0.717, 1.165) is 51.6 Å². The quantitative estimate of drug-likeness (QED) is 0.905. The molecule has 1 unspecified atom stereocenters. The lowest BCUT2D eigenvalue weighted by Gasteiger charge is -2.24. The summed E-state index contributed by atoms with van der Waals surface area (Å²) in [6, 6.07) is 0. The van der Waals surface area contributed by atoms with Crippen LogP contribution in [0.1, 0.15) is 61.9 Å². The molecule has 1 aliphatic heterocycles. The Labute approximate surface area is 130 Å². The molecule has 2 heterocycles. The monoisotopic (exact) mass is 308 g/mol. The zero-order chi connectivity index (χ0) is 15.4. The number of aromatic carboxylic acids is 1. The van der Waals surface area contributed by atoms with Crippen molar-refractivity contribution in [3.05, 3.63) is 11.9 Å². The van der Waals surface area contributed by atoms with E-state index in [1.54, 1.807) is 6.20 Å². The summed E-state index contributed by atoms with van der Waals surface area (Å²) < 4.78 is 13.1. The van der Waals surface area contributed by atoms with Crippen LogP contribution in [0.2, 0.25) is 0 Å². The fourth-order valence-corrected chi connectivity index (χ4v) is 3.32. The van der Waals surface area contributed by atoms with E-state index in [2.05, 4.69) is 5.10 Å². The number of rotatable bonds is 5. The normalized spacial score (nSPS) is 23.4. The van der Waals surface area contributed by atoms with E-state index < -0.39 is 5.97 Å². The van der Waals surface area contributed by atoms with Gasteiger partial charge in [0.15, 0.2) is 11.4 Å². The van der Waals surface area contributed by atoms with Crippen LogP contribution in [0, 0.1) is 0 Å². The lowest BCUT2D eigenvalue weighted by molar-refractivity contribution is 0.00321. The van der Waals surface area contributed by atoms with Crippen LogP contribution in [0.3, 0.4) is 0 Å². The second kappa shape index (κ2) is 7.13. The molecule has 0 aromatic carbocycles. The number of aromatic nitrogens is 2. The highest BCUT2D eigenvalue weighted by atomic mass is 16.5. The summed E-state index contributed by atoms with van der Waals surface area (Å²) in [5.41, 5.74) is 0.153. The van der Waals surface area contributed by atoms with E-state index in [9.17, 15) is 9.90 Å². The van der Waals surface area contributed by atoms with Crippen LogP contribution >= 0.6 is 0 Å². The summed E-state index contributed by atoms with van der Waals surface area (Å²) in [6.45, 7) is 1.23. The van der Waals surface area contributed by atoms with Gasteiger partial charge in [0.2, 0.25) is 0 Å². The molecule has 1 atom stereocenters. The number of carboxylic acid groups (broad SMARTS) is 1. The van der Waals surface area contributed by atoms with Gasteiger partial charge in [-0.2, -0.15) is 5.10 Å². The molecule has 0 radical (unpaired) electrons. The van der Waals surface area contributed by atoms with Crippen molar-refractivity contribution >= 4 is 5.97 Å². The minimum atomic E-state index is -0.987. The molecule has 6 heteroatoms. The Morgan fingerprint density at radius 2 is 2.05 bits per heavy atom. The van der Waals surface area contributed by atoms with Crippen molar-refractivity contribution in [2.24, 2.45) is 0 Å². The fraction of sp³-hybridized carbons (Fsp3) is 0.750. The average molecular weight is 308 g/mol. The minimum Gasteiger partial charge on any atom is -0.486 e. The van der Waals surface area contributed by atoms with Gasteiger partial charge in [-0.15, -0.1) is 0 Å². The maximum absolute atomic E-state index is 11.6. The first kappa shape index (κ1) is 15.3. The third-order valence-corrected chi connectivity index (χ3v) is 4.50. The number of hydrogen-bond donors (Lipinski definition) is 1.